The summed E-state index contributed by atoms with van der Waals surface area (Å²) in [4.78, 5) is 1.95. The van der Waals surface area contributed by atoms with E-state index in [-0.39, 0.29) is 6.04 Å². The van der Waals surface area contributed by atoms with Gasteiger partial charge in [-0.25, -0.2) is 0 Å². The Kier molecular flexibility index (Phi) is 1.83. The number of nitrogens with two attached hydrogens (primary N) is 1. The van der Waals surface area contributed by atoms with Crippen LogP contribution in [-0.2, 0) is 0 Å². The molecule has 1 saturated heterocycles. The number of nitrogens with zero attached hydrogens (tertiary/aromatic N) is 4. The van der Waals surface area contributed by atoms with Crippen LogP contribution < -0.4 is 10.6 Å². The maximum atomic E-state index is 8.78. The van der Waals surface area contributed by atoms with Crippen molar-refractivity contribution in [1.82, 2.24) is 10.2 Å². The lowest BCUT2D eigenvalue weighted by Gasteiger charge is -2.37. The number of hydrogen-bond donors (Lipinski definition) is 1. The molecule has 5 nitrogen and oxygen atoms in total. The van der Waals surface area contributed by atoms with Crippen molar-refractivity contribution in [3.63, 3.8) is 0 Å². The van der Waals surface area contributed by atoms with Crippen molar-refractivity contribution in [2.75, 3.05) is 18.0 Å². The molecule has 1 aliphatic heterocycles. The zero-order chi connectivity index (χ0) is 9.26. The van der Waals surface area contributed by atoms with Crippen molar-refractivity contribution in [2.24, 2.45) is 5.73 Å². The molecule has 0 radical (unpaired) electrons. The molecule has 2 heterocycles. The van der Waals surface area contributed by atoms with Crippen LogP contribution in [0.4, 0.5) is 5.82 Å². The Labute approximate surface area is 75.8 Å². The predicted molar refractivity (Wildman–Crippen MR) is 46.9 cm³/mol. The molecule has 5 heteroatoms. The average Bonchev–Trinajstić information content (AvgIpc) is 2.13. The van der Waals surface area contributed by atoms with Crippen LogP contribution in [0.25, 0.3) is 0 Å². The molecule has 0 unspecified atom stereocenters. The molecule has 1 fully saturated rings. The summed E-state index contributed by atoms with van der Waals surface area (Å²) in [6, 6.07) is 3.94. The van der Waals surface area contributed by atoms with Gasteiger partial charge < -0.3 is 10.6 Å². The third-order valence-electron chi connectivity index (χ3n) is 2.03. The van der Waals surface area contributed by atoms with Gasteiger partial charge in [0, 0.05) is 19.1 Å². The third-order valence-corrected chi connectivity index (χ3v) is 2.03. The Morgan fingerprint density at radius 1 is 1.62 bits per heavy atom. The van der Waals surface area contributed by atoms with Crippen molar-refractivity contribution in [3.8, 4) is 6.07 Å². The van der Waals surface area contributed by atoms with Crippen LogP contribution in [0.1, 0.15) is 5.56 Å². The van der Waals surface area contributed by atoms with Gasteiger partial charge in [0.1, 0.15) is 6.07 Å². The maximum Gasteiger partial charge on any atom is 0.169 e. The summed E-state index contributed by atoms with van der Waals surface area (Å²) in [7, 11) is 0. The van der Waals surface area contributed by atoms with E-state index in [0.29, 0.717) is 11.4 Å². The molecule has 0 atom stereocenters. The molecule has 13 heavy (non-hydrogen) atoms. The van der Waals surface area contributed by atoms with Gasteiger partial charge in [-0.3, -0.25) is 0 Å². The van der Waals surface area contributed by atoms with E-state index in [1.165, 1.54) is 6.20 Å². The van der Waals surface area contributed by atoms with E-state index in [1.807, 2.05) is 4.90 Å². The molecular formula is C8H9N5. The van der Waals surface area contributed by atoms with Gasteiger partial charge in [0.2, 0.25) is 0 Å². The van der Waals surface area contributed by atoms with Crippen molar-refractivity contribution in [3.05, 3.63) is 17.8 Å². The van der Waals surface area contributed by atoms with E-state index in [2.05, 4.69) is 16.3 Å². The molecule has 1 aromatic heterocycles. The molecule has 0 saturated carbocycles. The summed E-state index contributed by atoms with van der Waals surface area (Å²) < 4.78 is 0. The lowest BCUT2D eigenvalue weighted by Crippen LogP contribution is -2.56. The highest BCUT2D eigenvalue weighted by atomic mass is 15.3. The molecule has 0 bridgehead atoms. The first-order valence-corrected chi connectivity index (χ1v) is 4.03. The first-order valence-electron chi connectivity index (χ1n) is 4.03. The first kappa shape index (κ1) is 7.95. The van der Waals surface area contributed by atoms with E-state index < -0.39 is 0 Å². The van der Waals surface area contributed by atoms with Crippen LogP contribution in [-0.4, -0.2) is 29.3 Å². The highest BCUT2D eigenvalue weighted by Crippen LogP contribution is 2.19. The summed E-state index contributed by atoms with van der Waals surface area (Å²) >= 11 is 0. The number of nitriles is 1. The van der Waals surface area contributed by atoms with Gasteiger partial charge in [-0.05, 0) is 6.07 Å². The number of aromatic nitrogens is 2. The lowest BCUT2D eigenvalue weighted by atomic mass is 10.1. The summed E-state index contributed by atoms with van der Waals surface area (Å²) in [5, 5.41) is 16.4. The Hall–Kier alpha value is -1.67. The van der Waals surface area contributed by atoms with Crippen molar-refractivity contribution < 1.29 is 0 Å². The highest BCUT2D eigenvalue weighted by Gasteiger charge is 2.26. The van der Waals surface area contributed by atoms with Gasteiger partial charge in [0.05, 0.1) is 11.8 Å². The van der Waals surface area contributed by atoms with Crippen molar-refractivity contribution >= 4 is 5.82 Å². The topological polar surface area (TPSA) is 78.8 Å². The largest absolute Gasteiger partial charge is 0.351 e. The molecule has 1 aliphatic rings. The van der Waals surface area contributed by atoms with Crippen LogP contribution in [0.15, 0.2) is 12.3 Å². The Morgan fingerprint density at radius 2 is 2.38 bits per heavy atom. The molecule has 2 N–H and O–H groups in total. The maximum absolute atomic E-state index is 8.78. The van der Waals surface area contributed by atoms with Gasteiger partial charge >= 0.3 is 0 Å². The number of rotatable bonds is 1. The van der Waals surface area contributed by atoms with Crippen LogP contribution >= 0.6 is 0 Å². The second kappa shape index (κ2) is 2.99. The monoisotopic (exact) mass is 175 g/mol. The first-order chi connectivity index (χ1) is 6.31. The van der Waals surface area contributed by atoms with Gasteiger partial charge in [0.25, 0.3) is 0 Å². The van der Waals surface area contributed by atoms with E-state index in [9.17, 15) is 0 Å². The quantitative estimate of drug-likeness (QED) is 0.622. The fourth-order valence-electron chi connectivity index (χ4n) is 1.33. The standard InChI is InChI=1S/C8H9N5/c9-3-6-1-2-11-12-8(6)13-4-7(10)5-13/h1-2,7H,4-5,10H2. The van der Waals surface area contributed by atoms with Gasteiger partial charge in [-0.2, -0.15) is 10.4 Å². The zero-order valence-corrected chi connectivity index (χ0v) is 7.01. The normalized spacial score (nSPS) is 16.5. The fourth-order valence-corrected chi connectivity index (χ4v) is 1.33. The highest BCUT2D eigenvalue weighted by molar-refractivity contribution is 5.54. The predicted octanol–water partition coefficient (Wildman–Crippen LogP) is -0.504. The van der Waals surface area contributed by atoms with Crippen LogP contribution in [0.3, 0.4) is 0 Å². The zero-order valence-electron chi connectivity index (χ0n) is 7.01. The van der Waals surface area contributed by atoms with Gasteiger partial charge in [0.15, 0.2) is 5.82 Å². The van der Waals surface area contributed by atoms with Crippen LogP contribution in [0.5, 0.6) is 0 Å². The molecule has 0 spiro atoms. The van der Waals surface area contributed by atoms with E-state index >= 15 is 0 Å². The van der Waals surface area contributed by atoms with Gasteiger partial charge in [-0.15, -0.1) is 5.10 Å². The molecule has 66 valence electrons. The molecule has 2 rings (SSSR count). The lowest BCUT2D eigenvalue weighted by molar-refractivity contribution is 0.512. The van der Waals surface area contributed by atoms with Crippen molar-refractivity contribution in [2.45, 2.75) is 6.04 Å². The second-order valence-electron chi connectivity index (χ2n) is 3.05. The number of anilines is 1. The number of hydrogen-bond acceptors (Lipinski definition) is 5. The summed E-state index contributed by atoms with van der Waals surface area (Å²) in [5.74, 6) is 0.645. The van der Waals surface area contributed by atoms with Crippen LogP contribution in [0.2, 0.25) is 0 Å². The Balaban J connectivity index is 2.26. The minimum atomic E-state index is 0.202. The van der Waals surface area contributed by atoms with E-state index in [0.717, 1.165) is 13.1 Å². The smallest absolute Gasteiger partial charge is 0.169 e. The fraction of sp³-hybridized carbons (Fsp3) is 0.375. The summed E-state index contributed by atoms with van der Waals surface area (Å²) in [5.41, 5.74) is 6.18. The second-order valence-corrected chi connectivity index (χ2v) is 3.05. The Morgan fingerprint density at radius 3 is 3.00 bits per heavy atom. The van der Waals surface area contributed by atoms with E-state index in [4.69, 9.17) is 11.0 Å². The van der Waals surface area contributed by atoms with Gasteiger partial charge in [-0.1, -0.05) is 0 Å². The summed E-state index contributed by atoms with van der Waals surface area (Å²) in [6.07, 6.45) is 1.52. The molecule has 0 aliphatic carbocycles. The minimum absolute atomic E-state index is 0.202. The molecular weight excluding hydrogens is 166 g/mol. The average molecular weight is 175 g/mol. The van der Waals surface area contributed by atoms with Crippen molar-refractivity contribution in [1.29, 1.82) is 5.26 Å². The minimum Gasteiger partial charge on any atom is -0.351 e. The molecule has 0 amide bonds. The van der Waals surface area contributed by atoms with E-state index in [1.54, 1.807) is 6.07 Å². The molecule has 0 aromatic carbocycles. The molecule has 1 aromatic rings. The summed E-state index contributed by atoms with van der Waals surface area (Å²) in [6.45, 7) is 1.51. The third kappa shape index (κ3) is 1.32. The Bertz CT molecular complexity index is 350. The van der Waals surface area contributed by atoms with Crippen LogP contribution in [0, 0.1) is 11.3 Å². The SMILES string of the molecule is N#Cc1ccnnc1N1CC(N)C1.